The minimum absolute atomic E-state index is 0.172. The van der Waals surface area contributed by atoms with Gasteiger partial charge in [0.1, 0.15) is 5.75 Å². The maximum Gasteiger partial charge on any atom is 0.133 e. The number of nitrogens with one attached hydrogen (secondary N) is 1. The highest BCUT2D eigenvalue weighted by atomic mass is 79.9. The van der Waals surface area contributed by atoms with Gasteiger partial charge in [-0.25, -0.2) is 0 Å². The largest absolute Gasteiger partial charge is 0.490 e. The van der Waals surface area contributed by atoms with Crippen molar-refractivity contribution in [1.82, 2.24) is 0 Å². The minimum atomic E-state index is 0.172. The molecule has 1 N–H and O–H groups in total. The molecule has 3 aromatic rings. The third-order valence-corrected chi connectivity index (χ3v) is 4.25. The van der Waals surface area contributed by atoms with Crippen LogP contribution in [0.2, 0.25) is 0 Å². The first-order valence-corrected chi connectivity index (χ1v) is 8.59. The van der Waals surface area contributed by atoms with Crippen LogP contribution in [-0.4, -0.2) is 6.10 Å². The van der Waals surface area contributed by atoms with Crippen LogP contribution in [0.25, 0.3) is 10.8 Å². The minimum Gasteiger partial charge on any atom is -0.490 e. The van der Waals surface area contributed by atoms with E-state index in [-0.39, 0.29) is 6.10 Å². The molecule has 0 amide bonds. The van der Waals surface area contributed by atoms with Crippen molar-refractivity contribution in [3.05, 3.63) is 70.7 Å². The molecule has 0 aliphatic rings. The fourth-order valence-corrected chi connectivity index (χ4v) is 3.10. The van der Waals surface area contributed by atoms with Gasteiger partial charge in [0.2, 0.25) is 0 Å². The summed E-state index contributed by atoms with van der Waals surface area (Å²) in [6.07, 6.45) is 0.172. The van der Waals surface area contributed by atoms with E-state index in [2.05, 4.69) is 75.8 Å². The molecule has 3 rings (SSSR count). The quantitative estimate of drug-likeness (QED) is 0.595. The summed E-state index contributed by atoms with van der Waals surface area (Å²) in [4.78, 5) is 0. The van der Waals surface area contributed by atoms with Crippen molar-refractivity contribution in [1.29, 1.82) is 0 Å². The molecule has 0 bridgehead atoms. The smallest absolute Gasteiger partial charge is 0.133 e. The zero-order valence-electron chi connectivity index (χ0n) is 13.3. The lowest BCUT2D eigenvalue weighted by molar-refractivity contribution is 0.241. The standard InChI is InChI=1S/C20H20BrNO/c1-14(2)23-20-11-10-15(12-18(20)21)13-22-19-9-5-7-16-6-3-4-8-17(16)19/h3-12,14,22H,13H2,1-2H3. The molecule has 0 aliphatic carbocycles. The average molecular weight is 370 g/mol. The van der Waals surface area contributed by atoms with Gasteiger partial charge in [-0.05, 0) is 58.9 Å². The number of hydrogen-bond donors (Lipinski definition) is 1. The van der Waals surface area contributed by atoms with Gasteiger partial charge < -0.3 is 10.1 Å². The maximum absolute atomic E-state index is 5.75. The number of fused-ring (bicyclic) bond motifs is 1. The summed E-state index contributed by atoms with van der Waals surface area (Å²) in [5.41, 5.74) is 2.36. The van der Waals surface area contributed by atoms with Gasteiger partial charge in [-0.1, -0.05) is 42.5 Å². The van der Waals surface area contributed by atoms with Gasteiger partial charge in [0.05, 0.1) is 10.6 Å². The van der Waals surface area contributed by atoms with Crippen LogP contribution >= 0.6 is 15.9 Å². The van der Waals surface area contributed by atoms with E-state index in [4.69, 9.17) is 4.74 Å². The van der Waals surface area contributed by atoms with Gasteiger partial charge in [0, 0.05) is 17.6 Å². The Kier molecular flexibility index (Phi) is 4.87. The normalized spacial score (nSPS) is 11.0. The molecule has 23 heavy (non-hydrogen) atoms. The van der Waals surface area contributed by atoms with Gasteiger partial charge in [-0.15, -0.1) is 0 Å². The van der Waals surface area contributed by atoms with Crippen LogP contribution in [0.1, 0.15) is 19.4 Å². The highest BCUT2D eigenvalue weighted by Gasteiger charge is 2.05. The first-order chi connectivity index (χ1) is 11.1. The van der Waals surface area contributed by atoms with Crippen LogP contribution < -0.4 is 10.1 Å². The number of ether oxygens (including phenoxy) is 1. The average Bonchev–Trinajstić information content (AvgIpc) is 2.55. The molecular weight excluding hydrogens is 350 g/mol. The molecule has 0 saturated carbocycles. The van der Waals surface area contributed by atoms with Crippen molar-refractivity contribution in [2.45, 2.75) is 26.5 Å². The molecule has 118 valence electrons. The summed E-state index contributed by atoms with van der Waals surface area (Å²) >= 11 is 3.59. The van der Waals surface area contributed by atoms with Crippen LogP contribution in [0.4, 0.5) is 5.69 Å². The summed E-state index contributed by atoms with van der Waals surface area (Å²) in [7, 11) is 0. The van der Waals surface area contributed by atoms with E-state index in [9.17, 15) is 0 Å². The van der Waals surface area contributed by atoms with E-state index in [0.29, 0.717) is 0 Å². The topological polar surface area (TPSA) is 21.3 Å². The van der Waals surface area contributed by atoms with Gasteiger partial charge >= 0.3 is 0 Å². The number of rotatable bonds is 5. The third-order valence-electron chi connectivity index (χ3n) is 3.63. The lowest BCUT2D eigenvalue weighted by Crippen LogP contribution is -2.06. The number of halogens is 1. The first kappa shape index (κ1) is 15.9. The van der Waals surface area contributed by atoms with E-state index in [1.807, 2.05) is 19.9 Å². The van der Waals surface area contributed by atoms with Crippen molar-refractivity contribution in [2.75, 3.05) is 5.32 Å². The fraction of sp³-hybridized carbons (Fsp3) is 0.200. The predicted molar refractivity (Wildman–Crippen MR) is 101 cm³/mol. The Bertz CT molecular complexity index is 808. The zero-order valence-corrected chi connectivity index (χ0v) is 14.9. The van der Waals surface area contributed by atoms with Gasteiger partial charge in [0.15, 0.2) is 0 Å². The van der Waals surface area contributed by atoms with Crippen LogP contribution in [0, 0.1) is 0 Å². The Morgan fingerprint density at radius 1 is 1.00 bits per heavy atom. The SMILES string of the molecule is CC(C)Oc1ccc(CNc2cccc3ccccc23)cc1Br. The third kappa shape index (κ3) is 3.85. The fourth-order valence-electron chi connectivity index (χ4n) is 2.58. The van der Waals surface area contributed by atoms with Crippen LogP contribution in [0.3, 0.4) is 0 Å². The first-order valence-electron chi connectivity index (χ1n) is 7.80. The molecule has 0 saturated heterocycles. The summed E-state index contributed by atoms with van der Waals surface area (Å²) in [6.45, 7) is 4.83. The molecule has 3 heteroatoms. The Morgan fingerprint density at radius 2 is 1.78 bits per heavy atom. The maximum atomic E-state index is 5.75. The van der Waals surface area contributed by atoms with Crippen molar-refractivity contribution >= 4 is 32.4 Å². The second-order valence-corrected chi connectivity index (χ2v) is 6.67. The van der Waals surface area contributed by atoms with Crippen molar-refractivity contribution in [2.24, 2.45) is 0 Å². The van der Waals surface area contributed by atoms with Crippen molar-refractivity contribution < 1.29 is 4.74 Å². The molecule has 0 aliphatic heterocycles. The predicted octanol–water partition coefficient (Wildman–Crippen LogP) is 6.00. The van der Waals surface area contributed by atoms with E-state index < -0.39 is 0 Å². The molecule has 0 heterocycles. The van der Waals surface area contributed by atoms with Crippen molar-refractivity contribution in [3.63, 3.8) is 0 Å². The van der Waals surface area contributed by atoms with Gasteiger partial charge in [-0.3, -0.25) is 0 Å². The number of hydrogen-bond acceptors (Lipinski definition) is 2. The molecule has 0 fully saturated rings. The monoisotopic (exact) mass is 369 g/mol. The van der Waals surface area contributed by atoms with E-state index in [1.54, 1.807) is 0 Å². The second kappa shape index (κ2) is 7.05. The Balaban J connectivity index is 1.76. The van der Waals surface area contributed by atoms with Crippen LogP contribution in [-0.2, 0) is 6.54 Å². The molecule has 3 aromatic carbocycles. The molecule has 0 spiro atoms. The second-order valence-electron chi connectivity index (χ2n) is 5.81. The molecule has 0 aromatic heterocycles. The highest BCUT2D eigenvalue weighted by molar-refractivity contribution is 9.10. The summed E-state index contributed by atoms with van der Waals surface area (Å²) < 4.78 is 6.74. The van der Waals surface area contributed by atoms with E-state index >= 15 is 0 Å². The van der Waals surface area contributed by atoms with Crippen molar-refractivity contribution in [3.8, 4) is 5.75 Å². The summed E-state index contributed by atoms with van der Waals surface area (Å²) in [6, 6.07) is 21.0. The van der Waals surface area contributed by atoms with E-state index in [1.165, 1.54) is 16.3 Å². The van der Waals surface area contributed by atoms with Crippen LogP contribution in [0.5, 0.6) is 5.75 Å². The lowest BCUT2D eigenvalue weighted by atomic mass is 10.1. The van der Waals surface area contributed by atoms with Crippen LogP contribution in [0.15, 0.2) is 65.1 Å². The molecule has 0 radical (unpaired) electrons. The Labute approximate surface area is 145 Å². The van der Waals surface area contributed by atoms with Gasteiger partial charge in [0.25, 0.3) is 0 Å². The Morgan fingerprint density at radius 3 is 2.57 bits per heavy atom. The zero-order chi connectivity index (χ0) is 16.2. The summed E-state index contributed by atoms with van der Waals surface area (Å²) in [5, 5.41) is 6.02. The summed E-state index contributed by atoms with van der Waals surface area (Å²) in [5.74, 6) is 0.883. The Hall–Kier alpha value is -2.00. The van der Waals surface area contributed by atoms with E-state index in [0.717, 1.165) is 22.5 Å². The molecule has 0 unspecified atom stereocenters. The highest BCUT2D eigenvalue weighted by Crippen LogP contribution is 2.28. The molecule has 0 atom stereocenters. The molecular formula is C20H20BrNO. The van der Waals surface area contributed by atoms with Gasteiger partial charge in [-0.2, -0.15) is 0 Å². The number of benzene rings is 3. The lowest BCUT2D eigenvalue weighted by Gasteiger charge is -2.14. The molecule has 2 nitrogen and oxygen atoms in total. The number of anilines is 1.